The summed E-state index contributed by atoms with van der Waals surface area (Å²) >= 11 is 9.25. The number of hydrogen-bond acceptors (Lipinski definition) is 5. The molecule has 0 unspecified atom stereocenters. The number of amides is 1. The summed E-state index contributed by atoms with van der Waals surface area (Å²) in [6.07, 6.45) is 0. The number of carbonyl (C=O) groups excluding carboxylic acids is 2. The van der Waals surface area contributed by atoms with Crippen LogP contribution >= 0.6 is 27.5 Å². The van der Waals surface area contributed by atoms with Gasteiger partial charge in [-0.3, -0.25) is 4.79 Å². The Morgan fingerprint density at radius 3 is 2.15 bits per heavy atom. The van der Waals surface area contributed by atoms with Crippen LogP contribution in [0, 0.1) is 0 Å². The van der Waals surface area contributed by atoms with Crippen LogP contribution in [0.2, 0.25) is 5.02 Å². The fourth-order valence-electron chi connectivity index (χ4n) is 2.94. The van der Waals surface area contributed by atoms with E-state index in [2.05, 4.69) is 26.0 Å². The summed E-state index contributed by atoms with van der Waals surface area (Å²) in [4.78, 5) is 24.3. The van der Waals surface area contributed by atoms with E-state index in [1.807, 2.05) is 0 Å². The minimum atomic E-state index is -3.99. The Kier molecular flexibility index (Phi) is 8.25. The number of rotatable bonds is 8. The molecule has 0 radical (unpaired) electrons. The third-order valence-electron chi connectivity index (χ3n) is 4.63. The van der Waals surface area contributed by atoms with Crippen molar-refractivity contribution in [1.82, 2.24) is 4.31 Å². The number of methoxy groups -OCH3 is 1. The summed E-state index contributed by atoms with van der Waals surface area (Å²) in [6.45, 7) is -0.424. The number of nitrogens with one attached hydrogen (secondary N) is 1. The Morgan fingerprint density at radius 1 is 0.970 bits per heavy atom. The maximum Gasteiger partial charge on any atom is 0.337 e. The number of carbonyl (C=O) groups is 2. The van der Waals surface area contributed by atoms with Crippen molar-refractivity contribution in [1.29, 1.82) is 0 Å². The molecule has 7 nitrogen and oxygen atoms in total. The fourth-order valence-corrected chi connectivity index (χ4v) is 4.72. The zero-order valence-electron chi connectivity index (χ0n) is 17.5. The molecule has 0 bridgehead atoms. The van der Waals surface area contributed by atoms with Gasteiger partial charge in [0.1, 0.15) is 0 Å². The number of benzene rings is 3. The van der Waals surface area contributed by atoms with E-state index in [9.17, 15) is 18.0 Å². The third-order valence-corrected chi connectivity index (χ3v) is 7.22. The maximum absolute atomic E-state index is 13.3. The highest BCUT2D eigenvalue weighted by molar-refractivity contribution is 9.10. The van der Waals surface area contributed by atoms with Gasteiger partial charge in [0.15, 0.2) is 0 Å². The van der Waals surface area contributed by atoms with Gasteiger partial charge >= 0.3 is 5.97 Å². The van der Waals surface area contributed by atoms with Crippen molar-refractivity contribution >= 4 is 55.1 Å². The minimum Gasteiger partial charge on any atom is -0.465 e. The topological polar surface area (TPSA) is 92.8 Å². The normalized spacial score (nSPS) is 11.3. The average Bonchev–Trinajstić information content (AvgIpc) is 2.80. The van der Waals surface area contributed by atoms with E-state index in [-0.39, 0.29) is 11.4 Å². The second-order valence-electron chi connectivity index (χ2n) is 6.97. The van der Waals surface area contributed by atoms with Gasteiger partial charge in [-0.2, -0.15) is 4.31 Å². The van der Waals surface area contributed by atoms with E-state index in [1.54, 1.807) is 24.3 Å². The zero-order chi connectivity index (χ0) is 24.0. The number of nitrogens with zero attached hydrogens (tertiary/aromatic N) is 1. The summed E-state index contributed by atoms with van der Waals surface area (Å²) in [5.74, 6) is -1.03. The van der Waals surface area contributed by atoms with Crippen LogP contribution in [0.4, 0.5) is 5.69 Å². The van der Waals surface area contributed by atoms with Crippen LogP contribution in [-0.4, -0.2) is 38.3 Å². The van der Waals surface area contributed by atoms with Crippen LogP contribution in [-0.2, 0) is 26.1 Å². The second kappa shape index (κ2) is 10.9. The summed E-state index contributed by atoms with van der Waals surface area (Å²) in [5, 5.41) is 3.06. The molecule has 0 aliphatic heterocycles. The Bertz CT molecular complexity index is 1230. The highest BCUT2D eigenvalue weighted by Crippen LogP contribution is 2.22. The second-order valence-corrected chi connectivity index (χ2v) is 10.3. The molecule has 0 fully saturated rings. The smallest absolute Gasteiger partial charge is 0.337 e. The Hall–Kier alpha value is -2.72. The van der Waals surface area contributed by atoms with Crippen molar-refractivity contribution in [2.24, 2.45) is 0 Å². The highest BCUT2D eigenvalue weighted by Gasteiger charge is 2.27. The first-order chi connectivity index (χ1) is 15.7. The SMILES string of the molecule is COC(=O)c1ccc(NC(=O)CN(Cc2ccc(Br)cc2)S(=O)(=O)c2ccc(Cl)cc2)cc1. The average molecular weight is 552 g/mol. The molecule has 0 saturated heterocycles. The number of anilines is 1. The highest BCUT2D eigenvalue weighted by atomic mass is 79.9. The first kappa shape index (κ1) is 24.9. The Balaban J connectivity index is 1.82. The largest absolute Gasteiger partial charge is 0.465 e. The Morgan fingerprint density at radius 2 is 1.58 bits per heavy atom. The predicted molar refractivity (Wildman–Crippen MR) is 130 cm³/mol. The van der Waals surface area contributed by atoms with Crippen molar-refractivity contribution < 1.29 is 22.7 Å². The van der Waals surface area contributed by atoms with E-state index < -0.39 is 28.4 Å². The number of hydrogen-bond donors (Lipinski definition) is 1. The van der Waals surface area contributed by atoms with Gasteiger partial charge in [0.2, 0.25) is 15.9 Å². The van der Waals surface area contributed by atoms with Crippen molar-refractivity contribution in [2.45, 2.75) is 11.4 Å². The lowest BCUT2D eigenvalue weighted by molar-refractivity contribution is -0.116. The summed E-state index contributed by atoms with van der Waals surface area (Å²) < 4.78 is 33.2. The fraction of sp³-hybridized carbons (Fsp3) is 0.130. The first-order valence-electron chi connectivity index (χ1n) is 9.67. The molecule has 1 N–H and O–H groups in total. The molecule has 3 aromatic rings. The van der Waals surface area contributed by atoms with Gasteiger partial charge in [-0.15, -0.1) is 0 Å². The molecule has 33 heavy (non-hydrogen) atoms. The van der Waals surface area contributed by atoms with Crippen molar-refractivity contribution in [3.8, 4) is 0 Å². The van der Waals surface area contributed by atoms with Crippen molar-refractivity contribution in [2.75, 3.05) is 19.0 Å². The molecule has 0 aliphatic carbocycles. The number of esters is 1. The van der Waals surface area contributed by atoms with Crippen LogP contribution in [0.5, 0.6) is 0 Å². The van der Waals surface area contributed by atoms with E-state index in [1.165, 1.54) is 55.6 Å². The van der Waals surface area contributed by atoms with Gasteiger partial charge in [0.05, 0.1) is 24.1 Å². The first-order valence-corrected chi connectivity index (χ1v) is 12.3. The van der Waals surface area contributed by atoms with Crippen LogP contribution in [0.15, 0.2) is 82.2 Å². The lowest BCUT2D eigenvalue weighted by Crippen LogP contribution is -2.37. The van der Waals surface area contributed by atoms with Gasteiger partial charge in [0.25, 0.3) is 0 Å². The van der Waals surface area contributed by atoms with Crippen LogP contribution < -0.4 is 5.32 Å². The molecule has 172 valence electrons. The van der Waals surface area contributed by atoms with Gasteiger partial charge in [-0.05, 0) is 66.2 Å². The standard InChI is InChI=1S/C23H20BrClN2O5S/c1-32-23(29)17-4-10-20(11-5-17)26-22(28)15-27(14-16-2-6-18(24)7-3-16)33(30,31)21-12-8-19(25)9-13-21/h2-13H,14-15H2,1H3,(H,26,28). The summed E-state index contributed by atoms with van der Waals surface area (Å²) in [6, 6.07) is 19.0. The molecular weight excluding hydrogens is 532 g/mol. The van der Waals surface area contributed by atoms with Crippen LogP contribution in [0.25, 0.3) is 0 Å². The molecule has 10 heteroatoms. The summed E-state index contributed by atoms with van der Waals surface area (Å²) in [5.41, 5.74) is 1.46. The third kappa shape index (κ3) is 6.64. The number of sulfonamides is 1. The predicted octanol–water partition coefficient (Wildman–Crippen LogP) is 4.72. The molecule has 0 saturated carbocycles. The van der Waals surface area contributed by atoms with Crippen molar-refractivity contribution in [3.05, 3.63) is 93.4 Å². The zero-order valence-corrected chi connectivity index (χ0v) is 20.7. The molecule has 3 aromatic carbocycles. The molecule has 1 amide bonds. The van der Waals surface area contributed by atoms with Gasteiger partial charge in [-0.1, -0.05) is 39.7 Å². The molecule has 0 aliphatic rings. The van der Waals surface area contributed by atoms with Crippen LogP contribution in [0.3, 0.4) is 0 Å². The van der Waals surface area contributed by atoms with E-state index in [0.29, 0.717) is 21.8 Å². The molecule has 0 atom stereocenters. The maximum atomic E-state index is 13.3. The minimum absolute atomic E-state index is 0.00701. The van der Waals surface area contributed by atoms with E-state index in [0.717, 1.165) is 8.78 Å². The lowest BCUT2D eigenvalue weighted by Gasteiger charge is -2.22. The van der Waals surface area contributed by atoms with Crippen molar-refractivity contribution in [3.63, 3.8) is 0 Å². The van der Waals surface area contributed by atoms with E-state index in [4.69, 9.17) is 11.6 Å². The van der Waals surface area contributed by atoms with Gasteiger partial charge in [0, 0.05) is 21.7 Å². The summed E-state index contributed by atoms with van der Waals surface area (Å²) in [7, 11) is -2.72. The molecule has 0 heterocycles. The van der Waals surface area contributed by atoms with Gasteiger partial charge in [-0.25, -0.2) is 13.2 Å². The monoisotopic (exact) mass is 550 g/mol. The number of halogens is 2. The molecular formula is C23H20BrClN2O5S. The molecule has 0 spiro atoms. The number of ether oxygens (including phenoxy) is 1. The molecule has 0 aromatic heterocycles. The van der Waals surface area contributed by atoms with Gasteiger partial charge < -0.3 is 10.1 Å². The Labute approximate surface area is 205 Å². The molecule has 3 rings (SSSR count). The quantitative estimate of drug-likeness (QED) is 0.409. The van der Waals surface area contributed by atoms with Crippen LogP contribution in [0.1, 0.15) is 15.9 Å². The lowest BCUT2D eigenvalue weighted by atomic mass is 10.2. The van der Waals surface area contributed by atoms with E-state index >= 15 is 0 Å².